The first-order valence-corrected chi connectivity index (χ1v) is 4.68. The Kier molecular flexibility index (Phi) is 2.90. The molecule has 0 aliphatic heterocycles. The van der Waals surface area contributed by atoms with E-state index in [9.17, 15) is 22.4 Å². The number of nitrogens with zero attached hydrogens (tertiary/aromatic N) is 1. The molecule has 0 saturated heterocycles. The van der Waals surface area contributed by atoms with Crippen molar-refractivity contribution in [3.8, 4) is 0 Å². The lowest BCUT2D eigenvalue weighted by atomic mass is 10.1. The van der Waals surface area contributed by atoms with E-state index >= 15 is 0 Å². The van der Waals surface area contributed by atoms with Crippen LogP contribution in [-0.4, -0.2) is 18.1 Å². The Bertz CT molecular complexity index is 657. The summed E-state index contributed by atoms with van der Waals surface area (Å²) >= 11 is 0. The summed E-state index contributed by atoms with van der Waals surface area (Å²) in [6.07, 6.45) is 0. The van der Waals surface area contributed by atoms with Crippen LogP contribution in [0.5, 0.6) is 0 Å². The van der Waals surface area contributed by atoms with Crippen LogP contribution < -0.4 is 0 Å². The number of carbonyl (C=O) groups is 1. The summed E-state index contributed by atoms with van der Waals surface area (Å²) in [6.45, 7) is 0. The smallest absolute Gasteiger partial charge is 0.356 e. The van der Waals surface area contributed by atoms with Gasteiger partial charge in [0.05, 0.1) is 7.11 Å². The van der Waals surface area contributed by atoms with Crippen LogP contribution in [-0.2, 0) is 4.74 Å². The molecule has 0 aliphatic carbocycles. The van der Waals surface area contributed by atoms with Gasteiger partial charge in [0.15, 0.2) is 23.3 Å². The van der Waals surface area contributed by atoms with E-state index in [0.29, 0.717) is 0 Å². The Balaban J connectivity index is 2.82. The average Bonchev–Trinajstić information content (AvgIpc) is 2.41. The average molecular weight is 259 g/mol. The number of carbonyl (C=O) groups excluding carboxylic acids is 1. The summed E-state index contributed by atoms with van der Waals surface area (Å²) in [4.78, 5) is 14.5. The largest absolute Gasteiger partial charge is 0.464 e. The second kappa shape index (κ2) is 4.25. The van der Waals surface area contributed by atoms with Gasteiger partial charge in [0.25, 0.3) is 0 Å². The second-order valence-corrected chi connectivity index (χ2v) is 3.34. The quantitative estimate of drug-likeness (QED) is 0.342. The predicted octanol–water partition coefficient (Wildman–Crippen LogP) is 2.58. The highest BCUT2D eigenvalue weighted by molar-refractivity contribution is 5.91. The third-order valence-corrected chi connectivity index (χ3v) is 2.31. The molecule has 0 spiro atoms. The summed E-state index contributed by atoms with van der Waals surface area (Å²) in [5, 5.41) is -0.556. The first-order valence-electron chi connectivity index (χ1n) is 4.68. The molecule has 0 fully saturated rings. The summed E-state index contributed by atoms with van der Waals surface area (Å²) in [6, 6.07) is 1.95. The van der Waals surface area contributed by atoms with Crippen molar-refractivity contribution in [1.29, 1.82) is 0 Å². The van der Waals surface area contributed by atoms with Crippen molar-refractivity contribution in [2.24, 2.45) is 0 Å². The van der Waals surface area contributed by atoms with Gasteiger partial charge in [-0.15, -0.1) is 0 Å². The molecule has 0 amide bonds. The second-order valence-electron chi connectivity index (χ2n) is 3.34. The highest BCUT2D eigenvalue weighted by Crippen LogP contribution is 2.25. The van der Waals surface area contributed by atoms with Crippen molar-refractivity contribution in [1.82, 2.24) is 4.98 Å². The normalized spacial score (nSPS) is 10.7. The predicted molar refractivity (Wildman–Crippen MR) is 52.9 cm³/mol. The molecule has 0 saturated carbocycles. The monoisotopic (exact) mass is 259 g/mol. The number of halogens is 4. The maximum Gasteiger partial charge on any atom is 0.356 e. The van der Waals surface area contributed by atoms with Gasteiger partial charge in [-0.3, -0.25) is 0 Å². The molecule has 7 heteroatoms. The van der Waals surface area contributed by atoms with E-state index in [2.05, 4.69) is 9.72 Å². The first kappa shape index (κ1) is 12.3. The molecule has 0 atom stereocenters. The van der Waals surface area contributed by atoms with E-state index in [-0.39, 0.29) is 5.69 Å². The number of hydrogen-bond acceptors (Lipinski definition) is 3. The number of hydrogen-bond donors (Lipinski definition) is 0. The summed E-state index contributed by atoms with van der Waals surface area (Å²) in [5.41, 5.74) is -1.11. The van der Waals surface area contributed by atoms with E-state index in [0.717, 1.165) is 19.2 Å². The molecule has 0 radical (unpaired) electrons. The van der Waals surface area contributed by atoms with Gasteiger partial charge in [0.1, 0.15) is 11.2 Å². The number of aromatic nitrogens is 1. The van der Waals surface area contributed by atoms with E-state index in [1.54, 1.807) is 0 Å². The van der Waals surface area contributed by atoms with Gasteiger partial charge in [0, 0.05) is 5.39 Å². The third-order valence-electron chi connectivity index (χ3n) is 2.31. The van der Waals surface area contributed by atoms with Crippen molar-refractivity contribution in [2.75, 3.05) is 7.11 Å². The van der Waals surface area contributed by atoms with Gasteiger partial charge >= 0.3 is 5.97 Å². The Hall–Kier alpha value is -2.18. The number of ether oxygens (including phenoxy) is 1. The number of benzene rings is 1. The summed E-state index contributed by atoms with van der Waals surface area (Å²) < 4.78 is 57.0. The Morgan fingerprint density at radius 1 is 1.06 bits per heavy atom. The van der Waals surface area contributed by atoms with E-state index < -0.39 is 40.1 Å². The van der Waals surface area contributed by atoms with Crippen LogP contribution in [0.1, 0.15) is 10.5 Å². The minimum Gasteiger partial charge on any atom is -0.464 e. The number of pyridine rings is 1. The molecule has 1 aromatic carbocycles. The highest BCUT2D eigenvalue weighted by atomic mass is 19.2. The molecular weight excluding hydrogens is 254 g/mol. The minimum atomic E-state index is -1.98. The molecule has 2 aromatic rings. The van der Waals surface area contributed by atoms with E-state index in [1.165, 1.54) is 0 Å². The van der Waals surface area contributed by atoms with E-state index in [1.807, 2.05) is 0 Å². The lowest BCUT2D eigenvalue weighted by molar-refractivity contribution is 0.0594. The Labute approximate surface area is 98.0 Å². The Morgan fingerprint density at radius 3 is 2.28 bits per heavy atom. The van der Waals surface area contributed by atoms with Crippen LogP contribution in [0.15, 0.2) is 12.1 Å². The molecule has 1 aromatic heterocycles. The van der Waals surface area contributed by atoms with Gasteiger partial charge in [-0.2, -0.15) is 0 Å². The van der Waals surface area contributed by atoms with E-state index in [4.69, 9.17) is 0 Å². The highest BCUT2D eigenvalue weighted by Gasteiger charge is 2.22. The fraction of sp³-hybridized carbons (Fsp3) is 0.0909. The molecule has 2 rings (SSSR count). The maximum absolute atomic E-state index is 13.4. The fourth-order valence-corrected chi connectivity index (χ4v) is 1.44. The Morgan fingerprint density at radius 2 is 1.67 bits per heavy atom. The summed E-state index contributed by atoms with van der Waals surface area (Å²) in [5.74, 6) is -8.02. The molecule has 3 nitrogen and oxygen atoms in total. The van der Waals surface area contributed by atoms with Crippen LogP contribution in [0, 0.1) is 23.3 Å². The number of esters is 1. The molecule has 0 bridgehead atoms. The lowest BCUT2D eigenvalue weighted by Gasteiger charge is -2.05. The van der Waals surface area contributed by atoms with Crippen LogP contribution in [0.25, 0.3) is 10.9 Å². The van der Waals surface area contributed by atoms with Gasteiger partial charge in [-0.25, -0.2) is 27.3 Å². The zero-order chi connectivity index (χ0) is 13.4. The zero-order valence-electron chi connectivity index (χ0n) is 8.93. The standard InChI is InChI=1S/C11H5F4NO2/c1-18-11(17)5-3-2-4-6(12)7(13)8(14)9(15)10(4)16-5/h2-3H,1H3. The third kappa shape index (κ3) is 1.68. The van der Waals surface area contributed by atoms with Crippen molar-refractivity contribution in [2.45, 2.75) is 0 Å². The van der Waals surface area contributed by atoms with Gasteiger partial charge < -0.3 is 4.74 Å². The topological polar surface area (TPSA) is 39.2 Å². The molecule has 18 heavy (non-hydrogen) atoms. The fourth-order valence-electron chi connectivity index (χ4n) is 1.44. The maximum atomic E-state index is 13.4. The molecule has 1 heterocycles. The van der Waals surface area contributed by atoms with Crippen molar-refractivity contribution >= 4 is 16.9 Å². The molecule has 94 valence electrons. The SMILES string of the molecule is COC(=O)c1ccc2c(F)c(F)c(F)c(F)c2n1. The van der Waals surface area contributed by atoms with Crippen molar-refractivity contribution < 1.29 is 27.1 Å². The van der Waals surface area contributed by atoms with Gasteiger partial charge in [-0.05, 0) is 12.1 Å². The number of methoxy groups -OCH3 is 1. The zero-order valence-corrected chi connectivity index (χ0v) is 8.93. The minimum absolute atomic E-state index is 0.339. The van der Waals surface area contributed by atoms with Crippen molar-refractivity contribution in [3.05, 3.63) is 41.1 Å². The lowest BCUT2D eigenvalue weighted by Crippen LogP contribution is -2.06. The van der Waals surface area contributed by atoms with Crippen molar-refractivity contribution in [3.63, 3.8) is 0 Å². The molecule has 0 aliphatic rings. The summed E-state index contributed by atoms with van der Waals surface area (Å²) in [7, 11) is 1.07. The molecule has 0 N–H and O–H groups in total. The number of rotatable bonds is 1. The van der Waals surface area contributed by atoms with Crippen LogP contribution in [0.2, 0.25) is 0 Å². The molecular formula is C11H5F4NO2. The van der Waals surface area contributed by atoms with Crippen LogP contribution >= 0.6 is 0 Å². The van der Waals surface area contributed by atoms with Gasteiger partial charge in [-0.1, -0.05) is 0 Å². The van der Waals surface area contributed by atoms with Crippen LogP contribution in [0.4, 0.5) is 17.6 Å². The first-order chi connectivity index (χ1) is 8.47. The number of fused-ring (bicyclic) bond motifs is 1. The van der Waals surface area contributed by atoms with Gasteiger partial charge in [0.2, 0.25) is 0 Å². The molecule has 0 unspecified atom stereocenters. The van der Waals surface area contributed by atoms with Crippen LogP contribution in [0.3, 0.4) is 0 Å².